The highest BCUT2D eigenvalue weighted by Gasteiger charge is 2.19. The normalized spacial score (nSPS) is 12.3. The van der Waals surface area contributed by atoms with Gasteiger partial charge in [-0.2, -0.15) is 0 Å². The van der Waals surface area contributed by atoms with Crippen LogP contribution in [0.4, 0.5) is 0 Å². The second-order valence-corrected chi connectivity index (χ2v) is 10.9. The van der Waals surface area contributed by atoms with E-state index >= 15 is 0 Å². The molecule has 4 aromatic rings. The molecule has 1 aromatic heterocycles. The zero-order valence-electron chi connectivity index (χ0n) is 20.3. The third-order valence-corrected chi connectivity index (χ3v) is 6.18. The molecule has 1 heterocycles. The molecule has 0 amide bonds. The van der Waals surface area contributed by atoms with Gasteiger partial charge >= 0.3 is 0 Å². The van der Waals surface area contributed by atoms with E-state index in [-0.39, 0.29) is 22.0 Å². The third-order valence-electron chi connectivity index (χ3n) is 6.18. The molecule has 0 bridgehead atoms. The van der Waals surface area contributed by atoms with Crippen LogP contribution in [0, 0.1) is 0 Å². The van der Waals surface area contributed by atoms with Crippen molar-refractivity contribution in [3.05, 3.63) is 99.2 Å². The van der Waals surface area contributed by atoms with E-state index in [1.807, 2.05) is 12.1 Å². The molecular formula is C30H32O3. The second-order valence-electron chi connectivity index (χ2n) is 10.9. The first-order chi connectivity index (χ1) is 15.4. The summed E-state index contributed by atoms with van der Waals surface area (Å²) in [5, 5.41) is 10.4. The molecule has 4 rings (SSSR count). The summed E-state index contributed by atoms with van der Waals surface area (Å²) in [6, 6.07) is 21.3. The van der Waals surface area contributed by atoms with Crippen LogP contribution in [0.2, 0.25) is 0 Å². The van der Waals surface area contributed by atoms with Crippen molar-refractivity contribution in [1.82, 2.24) is 0 Å². The first-order valence-electron chi connectivity index (χ1n) is 11.4. The highest BCUT2D eigenvalue weighted by Crippen LogP contribution is 2.31. The highest BCUT2D eigenvalue weighted by atomic mass is 16.3. The van der Waals surface area contributed by atoms with E-state index in [0.717, 1.165) is 11.1 Å². The van der Waals surface area contributed by atoms with E-state index in [0.29, 0.717) is 28.7 Å². The fourth-order valence-electron chi connectivity index (χ4n) is 4.06. The summed E-state index contributed by atoms with van der Waals surface area (Å²) in [5.74, 6) is 0.628. The zero-order valence-corrected chi connectivity index (χ0v) is 20.3. The Morgan fingerprint density at radius 2 is 1.30 bits per heavy atom. The van der Waals surface area contributed by atoms with Gasteiger partial charge in [0.2, 0.25) is 0 Å². The average molecular weight is 441 g/mol. The molecule has 1 N–H and O–H groups in total. The number of phenolic OH excluding ortho intramolecular Hbond substituents is 1. The molecule has 3 nitrogen and oxygen atoms in total. The number of phenols is 1. The van der Waals surface area contributed by atoms with Crippen LogP contribution in [0.3, 0.4) is 0 Å². The van der Waals surface area contributed by atoms with Crippen LogP contribution >= 0.6 is 0 Å². The lowest BCUT2D eigenvalue weighted by molar-refractivity contribution is 0.474. The topological polar surface area (TPSA) is 50.4 Å². The number of benzene rings is 3. The Morgan fingerprint density at radius 3 is 1.85 bits per heavy atom. The third kappa shape index (κ3) is 4.73. The molecule has 170 valence electrons. The van der Waals surface area contributed by atoms with Gasteiger partial charge in [-0.3, -0.25) is 4.79 Å². The van der Waals surface area contributed by atoms with Crippen molar-refractivity contribution < 1.29 is 9.52 Å². The van der Waals surface area contributed by atoms with Crippen LogP contribution < -0.4 is 5.43 Å². The van der Waals surface area contributed by atoms with Crippen LogP contribution in [0.15, 0.2) is 75.9 Å². The number of hydrogen-bond donors (Lipinski definition) is 1. The largest absolute Gasteiger partial charge is 0.508 e. The summed E-state index contributed by atoms with van der Waals surface area (Å²) in [6.07, 6.45) is 0.472. The van der Waals surface area contributed by atoms with Gasteiger partial charge in [-0.15, -0.1) is 0 Å². The molecule has 0 spiro atoms. The molecule has 0 saturated carbocycles. The summed E-state index contributed by atoms with van der Waals surface area (Å²) in [4.78, 5) is 13.5. The van der Waals surface area contributed by atoms with Gasteiger partial charge in [-0.1, -0.05) is 90.1 Å². The Hall–Kier alpha value is -3.33. The Bertz CT molecular complexity index is 1340. The number of rotatable bonds is 3. The van der Waals surface area contributed by atoms with Gasteiger partial charge in [0.05, 0.1) is 5.39 Å². The highest BCUT2D eigenvalue weighted by molar-refractivity contribution is 5.82. The van der Waals surface area contributed by atoms with E-state index in [9.17, 15) is 9.90 Å². The second kappa shape index (κ2) is 8.22. The SMILES string of the molecule is CC(C)(C)c1ccc(Cc2c(-c3ccc(C(C)(C)C)cc3)oc3cc(O)ccc3c2=O)cc1. The molecule has 0 aliphatic rings. The minimum Gasteiger partial charge on any atom is -0.508 e. The van der Waals surface area contributed by atoms with Crippen molar-refractivity contribution in [1.29, 1.82) is 0 Å². The summed E-state index contributed by atoms with van der Waals surface area (Å²) >= 11 is 0. The molecule has 0 aliphatic heterocycles. The van der Waals surface area contributed by atoms with Crippen molar-refractivity contribution in [2.24, 2.45) is 0 Å². The van der Waals surface area contributed by atoms with Gasteiger partial charge in [-0.25, -0.2) is 0 Å². The Balaban J connectivity index is 1.86. The number of hydrogen-bond acceptors (Lipinski definition) is 3. The lowest BCUT2D eigenvalue weighted by Crippen LogP contribution is -2.13. The van der Waals surface area contributed by atoms with Crippen LogP contribution in [0.1, 0.15) is 63.8 Å². The van der Waals surface area contributed by atoms with E-state index in [1.165, 1.54) is 23.3 Å². The molecule has 3 heteroatoms. The number of aromatic hydroxyl groups is 1. The molecule has 0 saturated heterocycles. The van der Waals surface area contributed by atoms with Crippen molar-refractivity contribution in [2.45, 2.75) is 58.8 Å². The Labute approximate surface area is 195 Å². The fourth-order valence-corrected chi connectivity index (χ4v) is 4.06. The minimum absolute atomic E-state index is 0.0339. The van der Waals surface area contributed by atoms with Crippen molar-refractivity contribution in [2.75, 3.05) is 0 Å². The van der Waals surface area contributed by atoms with Crippen LogP contribution in [0.5, 0.6) is 5.75 Å². The molecule has 0 unspecified atom stereocenters. The van der Waals surface area contributed by atoms with Crippen molar-refractivity contribution >= 4 is 11.0 Å². The maximum atomic E-state index is 13.5. The zero-order chi connectivity index (χ0) is 24.0. The molecule has 0 atom stereocenters. The van der Waals surface area contributed by atoms with E-state index < -0.39 is 0 Å². The Morgan fingerprint density at radius 1 is 0.758 bits per heavy atom. The molecule has 3 aromatic carbocycles. The van der Waals surface area contributed by atoms with E-state index in [2.05, 4.69) is 77.9 Å². The maximum absolute atomic E-state index is 13.5. The van der Waals surface area contributed by atoms with Gasteiger partial charge in [-0.05, 0) is 39.7 Å². The first kappa shape index (κ1) is 22.8. The maximum Gasteiger partial charge on any atom is 0.196 e. The van der Waals surface area contributed by atoms with Gasteiger partial charge in [0.25, 0.3) is 0 Å². The van der Waals surface area contributed by atoms with E-state index in [1.54, 1.807) is 6.07 Å². The predicted molar refractivity (Wildman–Crippen MR) is 136 cm³/mol. The first-order valence-corrected chi connectivity index (χ1v) is 11.4. The van der Waals surface area contributed by atoms with Crippen LogP contribution in [0.25, 0.3) is 22.3 Å². The molecule has 33 heavy (non-hydrogen) atoms. The van der Waals surface area contributed by atoms with Gasteiger partial charge in [0.1, 0.15) is 17.1 Å². The summed E-state index contributed by atoms with van der Waals surface area (Å²) in [7, 11) is 0. The lowest BCUT2D eigenvalue weighted by atomic mass is 9.85. The minimum atomic E-state index is -0.0638. The average Bonchev–Trinajstić information content (AvgIpc) is 2.74. The van der Waals surface area contributed by atoms with E-state index in [4.69, 9.17) is 4.42 Å². The molecule has 0 aliphatic carbocycles. The molecule has 0 radical (unpaired) electrons. The number of fused-ring (bicyclic) bond motifs is 1. The van der Waals surface area contributed by atoms with Crippen molar-refractivity contribution in [3.63, 3.8) is 0 Å². The van der Waals surface area contributed by atoms with Gasteiger partial charge < -0.3 is 9.52 Å². The molecular weight excluding hydrogens is 408 g/mol. The van der Waals surface area contributed by atoms with Crippen LogP contribution in [-0.4, -0.2) is 5.11 Å². The fraction of sp³-hybridized carbons (Fsp3) is 0.300. The van der Waals surface area contributed by atoms with Crippen molar-refractivity contribution in [3.8, 4) is 17.1 Å². The van der Waals surface area contributed by atoms with Crippen LogP contribution in [-0.2, 0) is 17.3 Å². The van der Waals surface area contributed by atoms with Gasteiger partial charge in [0, 0.05) is 23.6 Å². The summed E-state index contributed by atoms with van der Waals surface area (Å²) in [6.45, 7) is 13.1. The lowest BCUT2D eigenvalue weighted by Gasteiger charge is -2.20. The standard InChI is InChI=1S/C30H32O3/c1-29(2,3)21-11-7-19(8-12-21)17-25-27(32)24-16-15-23(31)18-26(24)33-28(25)20-9-13-22(14-10-20)30(4,5)6/h7-16,18,31H,17H2,1-6H3. The predicted octanol–water partition coefficient (Wildman–Crippen LogP) is 7.35. The molecule has 0 fully saturated rings. The monoisotopic (exact) mass is 440 g/mol. The quantitative estimate of drug-likeness (QED) is 0.362. The smallest absolute Gasteiger partial charge is 0.196 e. The Kier molecular flexibility index (Phi) is 5.69. The summed E-state index contributed by atoms with van der Waals surface area (Å²) in [5.41, 5.74) is 5.44. The van der Waals surface area contributed by atoms with Gasteiger partial charge in [0.15, 0.2) is 5.43 Å². The summed E-state index contributed by atoms with van der Waals surface area (Å²) < 4.78 is 6.26.